The number of amides is 1. The van der Waals surface area contributed by atoms with Crippen LogP contribution in [0.3, 0.4) is 0 Å². The first-order chi connectivity index (χ1) is 4.77. The fourth-order valence-corrected chi connectivity index (χ4v) is 1.97. The number of piperidine rings is 2. The summed E-state index contributed by atoms with van der Waals surface area (Å²) in [6.45, 7) is 0. The lowest BCUT2D eigenvalue weighted by Gasteiger charge is -2.40. The van der Waals surface area contributed by atoms with Gasteiger partial charge < -0.3 is 11.1 Å². The molecule has 0 aromatic heterocycles. The smallest absolute Gasteiger partial charge is 0.224 e. The lowest BCUT2D eigenvalue weighted by atomic mass is 9.77. The molecule has 2 bridgehead atoms. The number of hydrogen-bond acceptors (Lipinski definition) is 2. The molecule has 0 spiro atoms. The van der Waals surface area contributed by atoms with Gasteiger partial charge in [0.05, 0.1) is 5.92 Å². The number of nitrogens with two attached hydrogens (primary N) is 1. The summed E-state index contributed by atoms with van der Waals surface area (Å²) in [6, 6.07) is 0.514. The second-order valence-electron chi connectivity index (χ2n) is 3.29. The fraction of sp³-hybridized carbons (Fsp3) is 0.857. The molecule has 1 aliphatic carbocycles. The molecular weight excluding hydrogens is 128 g/mol. The summed E-state index contributed by atoms with van der Waals surface area (Å²) in [4.78, 5) is 11.1. The van der Waals surface area contributed by atoms with E-state index >= 15 is 0 Å². The van der Waals surface area contributed by atoms with Crippen molar-refractivity contribution in [2.24, 2.45) is 11.7 Å². The van der Waals surface area contributed by atoms with Crippen LogP contribution in [0.1, 0.15) is 19.3 Å². The van der Waals surface area contributed by atoms with Crippen molar-refractivity contribution in [2.75, 3.05) is 0 Å². The van der Waals surface area contributed by atoms with Crippen LogP contribution in [0.2, 0.25) is 0 Å². The summed E-state index contributed by atoms with van der Waals surface area (Å²) in [5.41, 5.74) is 5.75. The van der Waals surface area contributed by atoms with E-state index in [2.05, 4.69) is 5.32 Å². The Hall–Kier alpha value is -0.570. The maximum atomic E-state index is 11.1. The molecule has 10 heavy (non-hydrogen) atoms. The van der Waals surface area contributed by atoms with Crippen LogP contribution in [0, 0.1) is 5.92 Å². The van der Waals surface area contributed by atoms with Gasteiger partial charge in [-0.15, -0.1) is 0 Å². The third-order valence-corrected chi connectivity index (χ3v) is 2.58. The SMILES string of the molecule is NC1CC2CCC1C(=O)N2. The molecule has 3 nitrogen and oxygen atoms in total. The van der Waals surface area contributed by atoms with E-state index in [0.29, 0.717) is 6.04 Å². The summed E-state index contributed by atoms with van der Waals surface area (Å²) in [7, 11) is 0. The van der Waals surface area contributed by atoms with Gasteiger partial charge in [-0.2, -0.15) is 0 Å². The first kappa shape index (κ1) is 6.16. The number of hydrogen-bond donors (Lipinski definition) is 2. The zero-order valence-electron chi connectivity index (χ0n) is 5.84. The van der Waals surface area contributed by atoms with Gasteiger partial charge >= 0.3 is 0 Å². The van der Waals surface area contributed by atoms with E-state index in [1.807, 2.05) is 0 Å². The molecule has 3 unspecified atom stereocenters. The summed E-state index contributed by atoms with van der Waals surface area (Å²) in [5.74, 6) is 0.292. The Morgan fingerprint density at radius 3 is 2.70 bits per heavy atom. The maximum Gasteiger partial charge on any atom is 0.224 e. The molecule has 0 aromatic rings. The molecule has 1 saturated carbocycles. The van der Waals surface area contributed by atoms with Gasteiger partial charge in [0.1, 0.15) is 0 Å². The minimum absolute atomic E-state index is 0.116. The Morgan fingerprint density at radius 2 is 2.30 bits per heavy atom. The Labute approximate surface area is 60.0 Å². The quantitative estimate of drug-likeness (QED) is 0.481. The second kappa shape index (κ2) is 1.95. The van der Waals surface area contributed by atoms with Crippen molar-refractivity contribution < 1.29 is 4.79 Å². The third kappa shape index (κ3) is 0.736. The lowest BCUT2D eigenvalue weighted by Crippen LogP contribution is -2.58. The van der Waals surface area contributed by atoms with Crippen molar-refractivity contribution in [3.05, 3.63) is 0 Å². The van der Waals surface area contributed by atoms with Crippen LogP contribution in [0.4, 0.5) is 0 Å². The average molecular weight is 140 g/mol. The van der Waals surface area contributed by atoms with Crippen LogP contribution in [-0.4, -0.2) is 18.0 Å². The average Bonchev–Trinajstić information content (AvgIpc) is 1.86. The van der Waals surface area contributed by atoms with Crippen molar-refractivity contribution in [1.82, 2.24) is 5.32 Å². The number of nitrogens with one attached hydrogen (secondary N) is 1. The fourth-order valence-electron chi connectivity index (χ4n) is 1.97. The molecule has 0 aromatic carbocycles. The van der Waals surface area contributed by atoms with E-state index in [9.17, 15) is 4.79 Å². The van der Waals surface area contributed by atoms with Crippen molar-refractivity contribution in [2.45, 2.75) is 31.3 Å². The Morgan fingerprint density at radius 1 is 1.50 bits per heavy atom. The summed E-state index contributed by atoms with van der Waals surface area (Å²) < 4.78 is 0. The van der Waals surface area contributed by atoms with Crippen LogP contribution >= 0.6 is 0 Å². The minimum Gasteiger partial charge on any atom is -0.353 e. The van der Waals surface area contributed by atoms with Gasteiger partial charge in [0.25, 0.3) is 0 Å². The molecule has 2 heterocycles. The molecule has 3 N–H and O–H groups in total. The molecule has 0 radical (unpaired) electrons. The van der Waals surface area contributed by atoms with Crippen molar-refractivity contribution in [3.63, 3.8) is 0 Å². The van der Waals surface area contributed by atoms with E-state index in [0.717, 1.165) is 19.3 Å². The highest BCUT2D eigenvalue weighted by Gasteiger charge is 2.38. The first-order valence-corrected chi connectivity index (χ1v) is 3.83. The Kier molecular flexibility index (Phi) is 1.20. The molecule has 3 aliphatic rings. The maximum absolute atomic E-state index is 11.1. The summed E-state index contributed by atoms with van der Waals surface area (Å²) in [6.07, 6.45) is 3.11. The molecule has 2 saturated heterocycles. The molecule has 3 fully saturated rings. The van der Waals surface area contributed by atoms with Gasteiger partial charge in [-0.25, -0.2) is 0 Å². The van der Waals surface area contributed by atoms with Gasteiger partial charge in [-0.1, -0.05) is 0 Å². The number of carbonyl (C=O) groups is 1. The summed E-state index contributed by atoms with van der Waals surface area (Å²) >= 11 is 0. The van der Waals surface area contributed by atoms with Crippen molar-refractivity contribution in [3.8, 4) is 0 Å². The van der Waals surface area contributed by atoms with Crippen molar-refractivity contribution in [1.29, 1.82) is 0 Å². The van der Waals surface area contributed by atoms with Crippen LogP contribution in [-0.2, 0) is 4.79 Å². The molecule has 3 heteroatoms. The van der Waals surface area contributed by atoms with Crippen molar-refractivity contribution >= 4 is 5.91 Å². The lowest BCUT2D eigenvalue weighted by molar-refractivity contribution is -0.131. The highest BCUT2D eigenvalue weighted by atomic mass is 16.2. The van der Waals surface area contributed by atoms with Crippen LogP contribution in [0.5, 0.6) is 0 Å². The van der Waals surface area contributed by atoms with E-state index in [4.69, 9.17) is 5.73 Å². The topological polar surface area (TPSA) is 55.1 Å². The van der Waals surface area contributed by atoms with Crippen LogP contribution in [0.25, 0.3) is 0 Å². The van der Waals surface area contributed by atoms with Gasteiger partial charge in [-0.05, 0) is 19.3 Å². The Bertz CT molecular complexity index is 169. The predicted molar refractivity (Wildman–Crippen MR) is 37.2 cm³/mol. The van der Waals surface area contributed by atoms with Gasteiger partial charge in [0, 0.05) is 12.1 Å². The number of rotatable bonds is 0. The highest BCUT2D eigenvalue weighted by Crippen LogP contribution is 2.28. The monoisotopic (exact) mass is 140 g/mol. The third-order valence-electron chi connectivity index (χ3n) is 2.58. The molecule has 3 atom stereocenters. The predicted octanol–water partition coefficient (Wildman–Crippen LogP) is -0.388. The normalized spacial score (nSPS) is 45.3. The molecule has 1 amide bonds. The standard InChI is InChI=1S/C7H12N2O/c8-6-3-4-1-2-5(6)7(10)9-4/h4-6H,1-3,8H2,(H,9,10). The highest BCUT2D eigenvalue weighted by molar-refractivity contribution is 5.81. The van der Waals surface area contributed by atoms with Gasteiger partial charge in [-0.3, -0.25) is 4.79 Å². The summed E-state index contributed by atoms with van der Waals surface area (Å²) in [5, 5.41) is 2.93. The van der Waals surface area contributed by atoms with E-state index < -0.39 is 0 Å². The zero-order chi connectivity index (χ0) is 7.14. The van der Waals surface area contributed by atoms with E-state index in [1.54, 1.807) is 0 Å². The zero-order valence-corrected chi connectivity index (χ0v) is 5.84. The molecular formula is C7H12N2O. The van der Waals surface area contributed by atoms with Gasteiger partial charge in [0.2, 0.25) is 5.91 Å². The van der Waals surface area contributed by atoms with E-state index in [-0.39, 0.29) is 17.9 Å². The molecule has 2 aliphatic heterocycles. The van der Waals surface area contributed by atoms with Crippen LogP contribution < -0.4 is 11.1 Å². The first-order valence-electron chi connectivity index (χ1n) is 3.83. The van der Waals surface area contributed by atoms with Crippen LogP contribution in [0.15, 0.2) is 0 Å². The second-order valence-corrected chi connectivity index (χ2v) is 3.29. The largest absolute Gasteiger partial charge is 0.353 e. The minimum atomic E-state index is 0.116. The van der Waals surface area contributed by atoms with E-state index in [1.165, 1.54) is 0 Å². The molecule has 3 rings (SSSR count). The molecule has 56 valence electrons. The number of fused-ring (bicyclic) bond motifs is 3. The van der Waals surface area contributed by atoms with Gasteiger partial charge in [0.15, 0.2) is 0 Å². The number of carbonyl (C=O) groups excluding carboxylic acids is 1. The Balaban J connectivity index is 2.18.